The summed E-state index contributed by atoms with van der Waals surface area (Å²) in [6.07, 6.45) is 2.28. The molecule has 3 N–H and O–H groups in total. The summed E-state index contributed by atoms with van der Waals surface area (Å²) in [5, 5.41) is 10.1. The van der Waals surface area contributed by atoms with Crippen molar-refractivity contribution in [2.24, 2.45) is 5.73 Å². The predicted octanol–water partition coefficient (Wildman–Crippen LogP) is 2.43. The predicted molar refractivity (Wildman–Crippen MR) is 61.9 cm³/mol. The highest BCUT2D eigenvalue weighted by molar-refractivity contribution is 7.16. The average molecular weight is 234 g/mol. The summed E-state index contributed by atoms with van der Waals surface area (Å²) >= 11 is 7.32. The van der Waals surface area contributed by atoms with Gasteiger partial charge in [0.05, 0.1) is 9.94 Å². The van der Waals surface area contributed by atoms with Crippen molar-refractivity contribution in [2.75, 3.05) is 6.54 Å². The quantitative estimate of drug-likeness (QED) is 0.821. The van der Waals surface area contributed by atoms with E-state index in [1.165, 1.54) is 11.3 Å². The van der Waals surface area contributed by atoms with E-state index in [2.05, 4.69) is 0 Å². The standard InChI is InChI=1S/C10H16ClNOS/c1-2-5-10(13,7-12)6-8-3-4-9(11)14-8/h3-4,13H,2,5-7,12H2,1H3. The van der Waals surface area contributed by atoms with Gasteiger partial charge in [0.2, 0.25) is 0 Å². The lowest BCUT2D eigenvalue weighted by molar-refractivity contribution is 0.0407. The summed E-state index contributed by atoms with van der Waals surface area (Å²) in [6.45, 7) is 2.35. The van der Waals surface area contributed by atoms with E-state index < -0.39 is 5.60 Å². The Kier molecular flexibility index (Phi) is 4.38. The fourth-order valence-electron chi connectivity index (χ4n) is 1.50. The first-order valence-corrected chi connectivity index (χ1v) is 5.96. The molecule has 1 aromatic rings. The van der Waals surface area contributed by atoms with Crippen molar-refractivity contribution in [3.8, 4) is 0 Å². The third-order valence-electron chi connectivity index (χ3n) is 2.23. The molecular formula is C10H16ClNOS. The second-order valence-corrected chi connectivity index (χ2v) is 5.36. The Morgan fingerprint density at radius 3 is 2.71 bits per heavy atom. The molecule has 0 aliphatic carbocycles. The molecule has 14 heavy (non-hydrogen) atoms. The van der Waals surface area contributed by atoms with Crippen molar-refractivity contribution in [3.63, 3.8) is 0 Å². The van der Waals surface area contributed by atoms with Gasteiger partial charge in [-0.2, -0.15) is 0 Å². The molecule has 0 aliphatic rings. The molecule has 0 radical (unpaired) electrons. The zero-order chi connectivity index (χ0) is 10.6. The molecule has 1 unspecified atom stereocenters. The van der Waals surface area contributed by atoms with Gasteiger partial charge in [0.25, 0.3) is 0 Å². The molecule has 0 saturated carbocycles. The van der Waals surface area contributed by atoms with Gasteiger partial charge in [0, 0.05) is 17.8 Å². The van der Waals surface area contributed by atoms with Crippen LogP contribution in [0.1, 0.15) is 24.6 Å². The van der Waals surface area contributed by atoms with Gasteiger partial charge in [-0.3, -0.25) is 0 Å². The van der Waals surface area contributed by atoms with Gasteiger partial charge in [0.1, 0.15) is 0 Å². The number of aliphatic hydroxyl groups is 1. The zero-order valence-electron chi connectivity index (χ0n) is 8.29. The summed E-state index contributed by atoms with van der Waals surface area (Å²) in [4.78, 5) is 1.09. The van der Waals surface area contributed by atoms with Crippen LogP contribution in [0.25, 0.3) is 0 Å². The summed E-state index contributed by atoms with van der Waals surface area (Å²) in [5.41, 5.74) is 4.81. The fraction of sp³-hybridized carbons (Fsp3) is 0.600. The lowest BCUT2D eigenvalue weighted by atomic mass is 9.93. The van der Waals surface area contributed by atoms with Gasteiger partial charge >= 0.3 is 0 Å². The number of thiophene rings is 1. The molecule has 0 aromatic carbocycles. The van der Waals surface area contributed by atoms with Gasteiger partial charge in [-0.05, 0) is 18.6 Å². The second kappa shape index (κ2) is 5.12. The molecule has 1 atom stereocenters. The number of hydrogen-bond donors (Lipinski definition) is 2. The maximum Gasteiger partial charge on any atom is 0.0931 e. The van der Waals surface area contributed by atoms with E-state index in [-0.39, 0.29) is 0 Å². The minimum absolute atomic E-state index is 0.302. The summed E-state index contributed by atoms with van der Waals surface area (Å²) in [6, 6.07) is 3.80. The van der Waals surface area contributed by atoms with Crippen LogP contribution in [0.3, 0.4) is 0 Å². The normalized spacial score (nSPS) is 15.4. The zero-order valence-corrected chi connectivity index (χ0v) is 9.87. The largest absolute Gasteiger partial charge is 0.388 e. The minimum Gasteiger partial charge on any atom is -0.388 e. The van der Waals surface area contributed by atoms with Crippen LogP contribution < -0.4 is 5.73 Å². The van der Waals surface area contributed by atoms with Gasteiger partial charge in [-0.25, -0.2) is 0 Å². The lowest BCUT2D eigenvalue weighted by Gasteiger charge is -2.25. The molecule has 1 heterocycles. The first-order valence-electron chi connectivity index (χ1n) is 4.76. The molecule has 0 fully saturated rings. The Labute approximate surface area is 93.7 Å². The summed E-state index contributed by atoms with van der Waals surface area (Å²) < 4.78 is 0.760. The van der Waals surface area contributed by atoms with Crippen LogP contribution in [0.2, 0.25) is 4.34 Å². The Morgan fingerprint density at radius 1 is 1.57 bits per heavy atom. The van der Waals surface area contributed by atoms with E-state index in [9.17, 15) is 5.11 Å². The lowest BCUT2D eigenvalue weighted by Crippen LogP contribution is -2.39. The Bertz CT molecular complexity index is 289. The highest BCUT2D eigenvalue weighted by atomic mass is 35.5. The van der Waals surface area contributed by atoms with Gasteiger partial charge in [0.15, 0.2) is 0 Å². The molecule has 0 aliphatic heterocycles. The van der Waals surface area contributed by atoms with E-state index >= 15 is 0 Å². The molecule has 80 valence electrons. The van der Waals surface area contributed by atoms with E-state index in [0.717, 1.165) is 22.1 Å². The Morgan fingerprint density at radius 2 is 2.29 bits per heavy atom. The smallest absolute Gasteiger partial charge is 0.0931 e. The van der Waals surface area contributed by atoms with Gasteiger partial charge < -0.3 is 10.8 Å². The Hall–Kier alpha value is -0.0900. The van der Waals surface area contributed by atoms with Crippen LogP contribution in [0, 0.1) is 0 Å². The van der Waals surface area contributed by atoms with Crippen molar-refractivity contribution < 1.29 is 5.11 Å². The third-order valence-corrected chi connectivity index (χ3v) is 3.46. The molecule has 2 nitrogen and oxygen atoms in total. The van der Waals surface area contributed by atoms with Crippen molar-refractivity contribution in [1.82, 2.24) is 0 Å². The molecule has 1 rings (SSSR count). The molecule has 0 amide bonds. The topological polar surface area (TPSA) is 46.2 Å². The number of nitrogens with two attached hydrogens (primary N) is 1. The molecule has 1 aromatic heterocycles. The average Bonchev–Trinajstić information content (AvgIpc) is 2.51. The van der Waals surface area contributed by atoms with E-state index in [1.807, 2.05) is 19.1 Å². The molecular weight excluding hydrogens is 218 g/mol. The van der Waals surface area contributed by atoms with Crippen LogP contribution in [0.5, 0.6) is 0 Å². The number of hydrogen-bond acceptors (Lipinski definition) is 3. The Balaban J connectivity index is 2.64. The second-order valence-electron chi connectivity index (χ2n) is 3.56. The van der Waals surface area contributed by atoms with Gasteiger partial charge in [-0.15, -0.1) is 11.3 Å². The number of halogens is 1. The van der Waals surface area contributed by atoms with Crippen LogP contribution in [0.4, 0.5) is 0 Å². The monoisotopic (exact) mass is 233 g/mol. The number of rotatable bonds is 5. The van der Waals surface area contributed by atoms with E-state index in [1.54, 1.807) is 0 Å². The summed E-state index contributed by atoms with van der Waals surface area (Å²) in [7, 11) is 0. The highest BCUT2D eigenvalue weighted by Crippen LogP contribution is 2.26. The summed E-state index contributed by atoms with van der Waals surface area (Å²) in [5.74, 6) is 0. The third kappa shape index (κ3) is 3.24. The van der Waals surface area contributed by atoms with Crippen molar-refractivity contribution in [2.45, 2.75) is 31.8 Å². The first kappa shape index (κ1) is 12.0. The highest BCUT2D eigenvalue weighted by Gasteiger charge is 2.24. The van der Waals surface area contributed by atoms with Crippen molar-refractivity contribution in [1.29, 1.82) is 0 Å². The first-order chi connectivity index (χ1) is 6.59. The van der Waals surface area contributed by atoms with Crippen molar-refractivity contribution >= 4 is 22.9 Å². The maximum absolute atomic E-state index is 10.1. The van der Waals surface area contributed by atoms with Crippen LogP contribution in [0.15, 0.2) is 12.1 Å². The van der Waals surface area contributed by atoms with Gasteiger partial charge in [-0.1, -0.05) is 24.9 Å². The van der Waals surface area contributed by atoms with Crippen LogP contribution in [-0.4, -0.2) is 17.3 Å². The molecule has 0 bridgehead atoms. The fourth-order valence-corrected chi connectivity index (χ4v) is 2.72. The minimum atomic E-state index is -0.761. The molecule has 4 heteroatoms. The van der Waals surface area contributed by atoms with E-state index in [0.29, 0.717) is 13.0 Å². The maximum atomic E-state index is 10.1. The SMILES string of the molecule is CCCC(O)(CN)Cc1ccc(Cl)s1. The van der Waals surface area contributed by atoms with Crippen molar-refractivity contribution in [3.05, 3.63) is 21.3 Å². The molecule has 0 spiro atoms. The van der Waals surface area contributed by atoms with Crippen LogP contribution >= 0.6 is 22.9 Å². The van der Waals surface area contributed by atoms with Crippen LogP contribution in [-0.2, 0) is 6.42 Å². The molecule has 0 saturated heterocycles. The van der Waals surface area contributed by atoms with E-state index in [4.69, 9.17) is 17.3 Å².